The van der Waals surface area contributed by atoms with Gasteiger partial charge in [-0.25, -0.2) is 0 Å². The maximum absolute atomic E-state index is 12.0. The van der Waals surface area contributed by atoms with Crippen LogP contribution in [0.4, 0.5) is 0 Å². The number of nitrogens with zero attached hydrogens (tertiary/aromatic N) is 1. The van der Waals surface area contributed by atoms with Gasteiger partial charge in [0.2, 0.25) is 5.91 Å². The molecule has 3 rings (SSSR count). The summed E-state index contributed by atoms with van der Waals surface area (Å²) in [5, 5.41) is 0. The number of fused-ring (bicyclic) bond motifs is 3. The average molecular weight is 215 g/mol. The second-order valence-electron chi connectivity index (χ2n) is 4.80. The van der Waals surface area contributed by atoms with Gasteiger partial charge in [0.1, 0.15) is 0 Å². The van der Waals surface area contributed by atoms with Gasteiger partial charge in [0.15, 0.2) is 0 Å². The summed E-state index contributed by atoms with van der Waals surface area (Å²) in [7, 11) is 0. The molecule has 16 heavy (non-hydrogen) atoms. The molecule has 2 aliphatic rings. The molecule has 2 nitrogen and oxygen atoms in total. The van der Waals surface area contributed by atoms with Crippen molar-refractivity contribution in [2.45, 2.75) is 38.1 Å². The number of rotatable bonds is 0. The second kappa shape index (κ2) is 3.93. The molecule has 0 N–H and O–H groups in total. The number of amides is 1. The fourth-order valence-electron chi connectivity index (χ4n) is 3.02. The highest BCUT2D eigenvalue weighted by molar-refractivity contribution is 5.77. The minimum Gasteiger partial charge on any atom is -0.335 e. The van der Waals surface area contributed by atoms with E-state index in [-0.39, 0.29) is 0 Å². The fourth-order valence-corrected chi connectivity index (χ4v) is 3.02. The van der Waals surface area contributed by atoms with Crippen LogP contribution in [0.1, 0.15) is 42.9 Å². The first-order chi connectivity index (χ1) is 7.86. The quantitative estimate of drug-likeness (QED) is 0.651. The normalized spacial score (nSPS) is 24.6. The van der Waals surface area contributed by atoms with Gasteiger partial charge in [0.25, 0.3) is 0 Å². The summed E-state index contributed by atoms with van der Waals surface area (Å²) in [6.07, 6.45) is 5.16. The first-order valence-corrected chi connectivity index (χ1v) is 6.23. The molecular weight excluding hydrogens is 198 g/mol. The van der Waals surface area contributed by atoms with Crippen molar-refractivity contribution >= 4 is 5.91 Å². The first kappa shape index (κ1) is 9.88. The topological polar surface area (TPSA) is 20.3 Å². The molecular formula is C14H17NO. The van der Waals surface area contributed by atoms with E-state index in [4.69, 9.17) is 0 Å². The van der Waals surface area contributed by atoms with Gasteiger partial charge >= 0.3 is 0 Å². The summed E-state index contributed by atoms with van der Waals surface area (Å²) in [5.74, 6) is 0.358. The number of hydrogen-bond donors (Lipinski definition) is 0. The van der Waals surface area contributed by atoms with Crippen molar-refractivity contribution < 1.29 is 4.79 Å². The van der Waals surface area contributed by atoms with Gasteiger partial charge in [-0.2, -0.15) is 0 Å². The summed E-state index contributed by atoms with van der Waals surface area (Å²) >= 11 is 0. The molecule has 2 heteroatoms. The van der Waals surface area contributed by atoms with Crippen molar-refractivity contribution in [3.05, 3.63) is 35.4 Å². The predicted molar refractivity (Wildman–Crippen MR) is 63.1 cm³/mol. The van der Waals surface area contributed by atoms with Crippen LogP contribution < -0.4 is 0 Å². The third-order valence-electron chi connectivity index (χ3n) is 3.85. The van der Waals surface area contributed by atoms with Crippen LogP contribution in [-0.4, -0.2) is 17.4 Å². The molecule has 2 heterocycles. The Bertz CT molecular complexity index is 413. The maximum Gasteiger partial charge on any atom is 0.223 e. The van der Waals surface area contributed by atoms with E-state index in [1.807, 2.05) is 0 Å². The molecule has 1 aromatic carbocycles. The van der Waals surface area contributed by atoms with Crippen LogP contribution in [0.5, 0.6) is 0 Å². The van der Waals surface area contributed by atoms with E-state index in [2.05, 4.69) is 29.2 Å². The van der Waals surface area contributed by atoms with Crippen molar-refractivity contribution in [1.29, 1.82) is 0 Å². The number of benzene rings is 1. The molecule has 0 bridgehead atoms. The minimum absolute atomic E-state index is 0.358. The van der Waals surface area contributed by atoms with Crippen molar-refractivity contribution in [3.8, 4) is 0 Å². The molecule has 1 unspecified atom stereocenters. The van der Waals surface area contributed by atoms with E-state index in [1.54, 1.807) is 0 Å². The number of carbonyl (C=O) groups is 1. The zero-order valence-corrected chi connectivity index (χ0v) is 9.48. The highest BCUT2D eigenvalue weighted by Crippen LogP contribution is 2.35. The summed E-state index contributed by atoms with van der Waals surface area (Å²) in [5.41, 5.74) is 2.84. The van der Waals surface area contributed by atoms with Crippen LogP contribution in [0.15, 0.2) is 24.3 Å². The first-order valence-electron chi connectivity index (χ1n) is 6.23. The van der Waals surface area contributed by atoms with Gasteiger partial charge in [0.05, 0.1) is 6.04 Å². The summed E-state index contributed by atoms with van der Waals surface area (Å²) < 4.78 is 0. The Labute approximate surface area is 96.3 Å². The van der Waals surface area contributed by atoms with Crippen molar-refractivity contribution in [3.63, 3.8) is 0 Å². The Morgan fingerprint density at radius 2 is 2.00 bits per heavy atom. The van der Waals surface area contributed by atoms with Crippen LogP contribution >= 0.6 is 0 Å². The molecule has 1 fully saturated rings. The maximum atomic E-state index is 12.0. The van der Waals surface area contributed by atoms with E-state index >= 15 is 0 Å². The molecule has 1 atom stereocenters. The third kappa shape index (κ3) is 1.53. The van der Waals surface area contributed by atoms with Gasteiger partial charge in [-0.3, -0.25) is 4.79 Å². The molecule has 2 aliphatic heterocycles. The van der Waals surface area contributed by atoms with Gasteiger partial charge in [-0.15, -0.1) is 0 Å². The highest BCUT2D eigenvalue weighted by atomic mass is 16.2. The van der Waals surface area contributed by atoms with Crippen LogP contribution in [0.3, 0.4) is 0 Å². The summed E-state index contributed by atoms with van der Waals surface area (Å²) in [4.78, 5) is 14.1. The predicted octanol–water partition coefficient (Wildman–Crippen LogP) is 2.69. The van der Waals surface area contributed by atoms with Crippen LogP contribution in [-0.2, 0) is 11.2 Å². The second-order valence-corrected chi connectivity index (χ2v) is 4.80. The van der Waals surface area contributed by atoms with E-state index in [0.29, 0.717) is 11.9 Å². The van der Waals surface area contributed by atoms with Crippen LogP contribution in [0, 0.1) is 0 Å². The van der Waals surface area contributed by atoms with Gasteiger partial charge < -0.3 is 4.90 Å². The van der Waals surface area contributed by atoms with E-state index < -0.39 is 0 Å². The molecule has 0 aliphatic carbocycles. The van der Waals surface area contributed by atoms with Gasteiger partial charge in [0, 0.05) is 13.0 Å². The third-order valence-corrected chi connectivity index (χ3v) is 3.85. The Morgan fingerprint density at radius 3 is 2.94 bits per heavy atom. The van der Waals surface area contributed by atoms with E-state index in [0.717, 1.165) is 32.2 Å². The lowest BCUT2D eigenvalue weighted by molar-refractivity contribution is -0.133. The lowest BCUT2D eigenvalue weighted by Gasteiger charge is -2.36. The molecule has 0 saturated carbocycles. The highest BCUT2D eigenvalue weighted by Gasteiger charge is 2.31. The smallest absolute Gasteiger partial charge is 0.223 e. The van der Waals surface area contributed by atoms with Gasteiger partial charge in [-0.05, 0) is 30.4 Å². The SMILES string of the molecule is O=C1CCCCC2c3ccccc3CCN12. The molecule has 84 valence electrons. The summed E-state index contributed by atoms with van der Waals surface area (Å²) in [6, 6.07) is 8.97. The van der Waals surface area contributed by atoms with Crippen molar-refractivity contribution in [1.82, 2.24) is 4.90 Å². The monoisotopic (exact) mass is 215 g/mol. The zero-order valence-electron chi connectivity index (χ0n) is 9.48. The largest absolute Gasteiger partial charge is 0.335 e. The van der Waals surface area contributed by atoms with E-state index in [1.165, 1.54) is 17.5 Å². The Hall–Kier alpha value is -1.31. The number of hydrogen-bond acceptors (Lipinski definition) is 1. The minimum atomic E-state index is 0.358. The van der Waals surface area contributed by atoms with Crippen molar-refractivity contribution in [2.75, 3.05) is 6.54 Å². The van der Waals surface area contributed by atoms with Crippen LogP contribution in [0.2, 0.25) is 0 Å². The Morgan fingerprint density at radius 1 is 1.12 bits per heavy atom. The molecule has 1 saturated heterocycles. The van der Waals surface area contributed by atoms with Gasteiger partial charge in [-0.1, -0.05) is 30.7 Å². The molecule has 0 aromatic heterocycles. The standard InChI is InChI=1S/C14H17NO/c16-14-8-4-3-7-13-12-6-2-1-5-11(12)9-10-15(13)14/h1-2,5-6,13H,3-4,7-10H2. The molecule has 1 amide bonds. The summed E-state index contributed by atoms with van der Waals surface area (Å²) in [6.45, 7) is 0.917. The zero-order chi connectivity index (χ0) is 11.0. The van der Waals surface area contributed by atoms with Crippen LogP contribution in [0.25, 0.3) is 0 Å². The lowest BCUT2D eigenvalue weighted by Crippen LogP contribution is -2.38. The average Bonchev–Trinajstić information content (AvgIpc) is 2.52. The lowest BCUT2D eigenvalue weighted by atomic mass is 9.90. The fraction of sp³-hybridized carbons (Fsp3) is 0.500. The Balaban J connectivity index is 2.01. The van der Waals surface area contributed by atoms with Crippen molar-refractivity contribution in [2.24, 2.45) is 0 Å². The molecule has 1 aromatic rings. The number of carbonyl (C=O) groups excluding carboxylic acids is 1. The van der Waals surface area contributed by atoms with E-state index in [9.17, 15) is 4.79 Å². The Kier molecular flexibility index (Phi) is 2.43. The molecule has 0 spiro atoms. The molecule has 0 radical (unpaired) electrons.